The minimum absolute atomic E-state index is 0.113. The number of nitrogens with one attached hydrogen (secondary N) is 1. The van der Waals surface area contributed by atoms with Crippen LogP contribution in [0.3, 0.4) is 0 Å². The molecule has 2 aromatic rings. The predicted octanol–water partition coefficient (Wildman–Crippen LogP) is 3.27. The number of hydrazone groups is 1. The Balaban J connectivity index is 2.08. The monoisotopic (exact) mass is 324 g/mol. The summed E-state index contributed by atoms with van der Waals surface area (Å²) in [6.07, 6.45) is 1.43. The van der Waals surface area contributed by atoms with Gasteiger partial charge in [0.05, 0.1) is 22.7 Å². The van der Waals surface area contributed by atoms with E-state index < -0.39 is 0 Å². The predicted molar refractivity (Wildman–Crippen MR) is 83.7 cm³/mol. The number of phenols is 1. The van der Waals surface area contributed by atoms with Crippen molar-refractivity contribution in [1.82, 2.24) is 5.43 Å². The van der Waals surface area contributed by atoms with Gasteiger partial charge in [-0.05, 0) is 36.1 Å². The second-order valence-corrected chi connectivity index (χ2v) is 5.31. The van der Waals surface area contributed by atoms with Crippen LogP contribution in [0.4, 0.5) is 0 Å². The highest BCUT2D eigenvalue weighted by Crippen LogP contribution is 2.34. The molecular formula is C14H13ClN2O3S. The number of phenolic OH excluding ortho intramolecular Hbond substituents is 1. The molecule has 1 aromatic carbocycles. The molecule has 1 heterocycles. The van der Waals surface area contributed by atoms with Crippen molar-refractivity contribution < 1.29 is 14.6 Å². The first-order chi connectivity index (χ1) is 10.1. The summed E-state index contributed by atoms with van der Waals surface area (Å²) in [5, 5.41) is 15.5. The number of ether oxygens (including phenoxy) is 1. The minimum atomic E-state index is -0.281. The van der Waals surface area contributed by atoms with Gasteiger partial charge < -0.3 is 9.84 Å². The van der Waals surface area contributed by atoms with Crippen molar-refractivity contribution in [2.75, 3.05) is 6.61 Å². The van der Waals surface area contributed by atoms with Gasteiger partial charge in [-0.2, -0.15) is 5.10 Å². The number of amides is 1. The molecule has 0 spiro atoms. The maximum atomic E-state index is 11.7. The summed E-state index contributed by atoms with van der Waals surface area (Å²) in [4.78, 5) is 12.3. The molecule has 1 amide bonds. The van der Waals surface area contributed by atoms with Gasteiger partial charge in [-0.15, -0.1) is 11.3 Å². The van der Waals surface area contributed by atoms with E-state index in [0.29, 0.717) is 17.0 Å². The molecule has 0 aliphatic carbocycles. The number of nitrogens with zero attached hydrogens (tertiary/aromatic N) is 1. The molecule has 1 aromatic heterocycles. The second kappa shape index (κ2) is 7.10. The molecule has 0 aliphatic heterocycles. The topological polar surface area (TPSA) is 70.9 Å². The van der Waals surface area contributed by atoms with Crippen LogP contribution in [0.2, 0.25) is 5.02 Å². The maximum absolute atomic E-state index is 11.7. The summed E-state index contributed by atoms with van der Waals surface area (Å²) in [7, 11) is 0. The van der Waals surface area contributed by atoms with E-state index in [-0.39, 0.29) is 22.4 Å². The smallest absolute Gasteiger partial charge is 0.281 e. The average Bonchev–Trinajstić information content (AvgIpc) is 2.98. The normalized spacial score (nSPS) is 10.8. The Morgan fingerprint density at radius 2 is 2.38 bits per heavy atom. The highest BCUT2D eigenvalue weighted by atomic mass is 35.5. The van der Waals surface area contributed by atoms with Gasteiger partial charge in [0.15, 0.2) is 11.5 Å². The maximum Gasteiger partial charge on any atom is 0.281 e. The lowest BCUT2D eigenvalue weighted by molar-refractivity contribution is 0.0959. The summed E-state index contributed by atoms with van der Waals surface area (Å²) < 4.78 is 5.26. The number of halogens is 1. The minimum Gasteiger partial charge on any atom is -0.503 e. The Labute approximate surface area is 130 Å². The molecule has 110 valence electrons. The third kappa shape index (κ3) is 3.96. The van der Waals surface area contributed by atoms with Crippen LogP contribution in [0.1, 0.15) is 22.2 Å². The summed E-state index contributed by atoms with van der Waals surface area (Å²) in [6, 6.07) is 6.61. The SMILES string of the molecule is CCOc1cc(/C=N/NC(=O)c2cccs2)cc(Cl)c1O. The summed E-state index contributed by atoms with van der Waals surface area (Å²) in [5.74, 6) is -0.120. The summed E-state index contributed by atoms with van der Waals surface area (Å²) in [6.45, 7) is 2.20. The molecule has 0 saturated heterocycles. The van der Waals surface area contributed by atoms with E-state index in [1.165, 1.54) is 23.6 Å². The van der Waals surface area contributed by atoms with Gasteiger partial charge in [0.1, 0.15) is 0 Å². The van der Waals surface area contributed by atoms with Crippen molar-refractivity contribution in [1.29, 1.82) is 0 Å². The molecule has 0 radical (unpaired) electrons. The van der Waals surface area contributed by atoms with Crippen LogP contribution in [0, 0.1) is 0 Å². The Kier molecular flexibility index (Phi) is 5.19. The Bertz CT molecular complexity index is 656. The van der Waals surface area contributed by atoms with Gasteiger partial charge in [0, 0.05) is 0 Å². The van der Waals surface area contributed by atoms with Crippen LogP contribution in [-0.4, -0.2) is 23.8 Å². The highest BCUT2D eigenvalue weighted by molar-refractivity contribution is 7.12. The van der Waals surface area contributed by atoms with E-state index >= 15 is 0 Å². The molecule has 0 saturated carbocycles. The number of carbonyl (C=O) groups excluding carboxylic acids is 1. The number of carbonyl (C=O) groups is 1. The number of thiophene rings is 1. The fourth-order valence-electron chi connectivity index (χ4n) is 1.56. The molecule has 0 atom stereocenters. The first-order valence-electron chi connectivity index (χ1n) is 6.14. The van der Waals surface area contributed by atoms with Gasteiger partial charge in [0.2, 0.25) is 0 Å². The van der Waals surface area contributed by atoms with E-state index in [1.807, 2.05) is 5.38 Å². The molecule has 21 heavy (non-hydrogen) atoms. The van der Waals surface area contributed by atoms with Crippen molar-refractivity contribution in [2.24, 2.45) is 5.10 Å². The molecule has 2 N–H and O–H groups in total. The fourth-order valence-corrected chi connectivity index (χ4v) is 2.39. The molecule has 0 unspecified atom stereocenters. The molecular weight excluding hydrogens is 312 g/mol. The van der Waals surface area contributed by atoms with Gasteiger partial charge in [-0.3, -0.25) is 4.79 Å². The number of hydrogen-bond acceptors (Lipinski definition) is 5. The molecule has 7 heteroatoms. The van der Waals surface area contributed by atoms with Gasteiger partial charge in [-0.25, -0.2) is 5.43 Å². The van der Waals surface area contributed by atoms with Gasteiger partial charge >= 0.3 is 0 Å². The Morgan fingerprint density at radius 3 is 3.05 bits per heavy atom. The number of aromatic hydroxyl groups is 1. The van der Waals surface area contributed by atoms with Crippen LogP contribution in [0.15, 0.2) is 34.7 Å². The second-order valence-electron chi connectivity index (χ2n) is 3.96. The third-order valence-electron chi connectivity index (χ3n) is 2.48. The van der Waals surface area contributed by atoms with E-state index in [4.69, 9.17) is 16.3 Å². The van der Waals surface area contributed by atoms with Crippen LogP contribution in [0.5, 0.6) is 11.5 Å². The van der Waals surface area contributed by atoms with Crippen molar-refractivity contribution >= 4 is 35.1 Å². The Hall–Kier alpha value is -2.05. The van der Waals surface area contributed by atoms with Gasteiger partial charge in [-0.1, -0.05) is 17.7 Å². The molecule has 0 aliphatic rings. The highest BCUT2D eigenvalue weighted by Gasteiger charge is 2.09. The van der Waals surface area contributed by atoms with Gasteiger partial charge in [0.25, 0.3) is 5.91 Å². The summed E-state index contributed by atoms with van der Waals surface area (Å²) in [5.41, 5.74) is 3.02. The summed E-state index contributed by atoms with van der Waals surface area (Å²) >= 11 is 7.23. The number of benzene rings is 1. The third-order valence-corrected chi connectivity index (χ3v) is 3.63. The zero-order valence-electron chi connectivity index (χ0n) is 11.2. The zero-order valence-corrected chi connectivity index (χ0v) is 12.7. The van der Waals surface area contributed by atoms with Crippen LogP contribution in [0.25, 0.3) is 0 Å². The van der Waals surface area contributed by atoms with E-state index in [0.717, 1.165) is 0 Å². The van der Waals surface area contributed by atoms with Crippen molar-refractivity contribution in [2.45, 2.75) is 6.92 Å². The zero-order chi connectivity index (χ0) is 15.2. The lowest BCUT2D eigenvalue weighted by Gasteiger charge is -2.08. The van der Waals surface area contributed by atoms with Crippen molar-refractivity contribution in [3.63, 3.8) is 0 Å². The largest absolute Gasteiger partial charge is 0.503 e. The van der Waals surface area contributed by atoms with Crippen molar-refractivity contribution in [3.05, 3.63) is 45.1 Å². The molecule has 5 nitrogen and oxygen atoms in total. The van der Waals surface area contributed by atoms with Crippen LogP contribution in [-0.2, 0) is 0 Å². The van der Waals surface area contributed by atoms with E-state index in [1.54, 1.807) is 25.1 Å². The van der Waals surface area contributed by atoms with Crippen LogP contribution < -0.4 is 10.2 Å². The fraction of sp³-hybridized carbons (Fsp3) is 0.143. The first kappa shape index (κ1) is 15.3. The number of hydrogen-bond donors (Lipinski definition) is 2. The quantitative estimate of drug-likeness (QED) is 0.655. The first-order valence-corrected chi connectivity index (χ1v) is 7.39. The Morgan fingerprint density at radius 1 is 1.57 bits per heavy atom. The molecule has 0 bridgehead atoms. The average molecular weight is 325 g/mol. The lowest BCUT2D eigenvalue weighted by atomic mass is 10.2. The number of rotatable bonds is 5. The molecule has 0 fully saturated rings. The van der Waals surface area contributed by atoms with E-state index in [9.17, 15) is 9.90 Å². The van der Waals surface area contributed by atoms with Crippen LogP contribution >= 0.6 is 22.9 Å². The lowest BCUT2D eigenvalue weighted by Crippen LogP contribution is -2.16. The van der Waals surface area contributed by atoms with Crippen molar-refractivity contribution in [3.8, 4) is 11.5 Å². The molecule has 2 rings (SSSR count). The standard InChI is InChI=1S/C14H13ClN2O3S/c1-2-20-11-7-9(6-10(15)13(11)18)8-16-17-14(19)12-4-3-5-21-12/h3-8,18H,2H2,1H3,(H,17,19)/b16-8+. The van der Waals surface area contributed by atoms with E-state index in [2.05, 4.69) is 10.5 Å².